The predicted molar refractivity (Wildman–Crippen MR) is 106 cm³/mol. The molecule has 0 radical (unpaired) electrons. The average Bonchev–Trinajstić information content (AvgIpc) is 3.09. The number of rotatable bonds is 7. The smallest absolute Gasteiger partial charge is 0.246 e. The van der Waals surface area contributed by atoms with Gasteiger partial charge in [0.15, 0.2) is 0 Å². The Balaban J connectivity index is 1.73. The molecule has 2 aromatic carbocycles. The number of halogens is 2. The van der Waals surface area contributed by atoms with Crippen molar-refractivity contribution in [3.05, 3.63) is 70.8 Å². The topological polar surface area (TPSA) is 76.9 Å². The number of hydrogen-bond donors (Lipinski definition) is 1. The Morgan fingerprint density at radius 3 is 2.57 bits per heavy atom. The van der Waals surface area contributed by atoms with Gasteiger partial charge in [-0.3, -0.25) is 0 Å². The van der Waals surface area contributed by atoms with Gasteiger partial charge in [-0.15, -0.1) is 5.10 Å². The van der Waals surface area contributed by atoms with Gasteiger partial charge in [0.25, 0.3) is 16.0 Å². The van der Waals surface area contributed by atoms with Crippen LogP contribution in [0.1, 0.15) is 37.3 Å². The summed E-state index contributed by atoms with van der Waals surface area (Å²) in [7, 11) is -3.80. The van der Waals surface area contributed by atoms with Crippen LogP contribution >= 0.6 is 11.6 Å². The van der Waals surface area contributed by atoms with Crippen LogP contribution < -0.4 is 4.72 Å². The van der Waals surface area contributed by atoms with Crippen molar-refractivity contribution in [3.8, 4) is 0 Å². The minimum absolute atomic E-state index is 0.0516. The lowest BCUT2D eigenvalue weighted by Crippen LogP contribution is -2.14. The lowest BCUT2D eigenvalue weighted by atomic mass is 9.99. The van der Waals surface area contributed by atoms with Crippen LogP contribution in [-0.4, -0.2) is 23.2 Å². The molecule has 1 unspecified atom stereocenters. The van der Waals surface area contributed by atoms with Gasteiger partial charge in [0.1, 0.15) is 12.1 Å². The predicted octanol–water partition coefficient (Wildman–Crippen LogP) is 4.43. The van der Waals surface area contributed by atoms with Crippen LogP contribution in [0.3, 0.4) is 0 Å². The minimum Gasteiger partial charge on any atom is -0.246 e. The molecule has 0 saturated carbocycles. The van der Waals surface area contributed by atoms with E-state index in [9.17, 15) is 12.8 Å². The normalized spacial score (nSPS) is 12.7. The van der Waals surface area contributed by atoms with Gasteiger partial charge < -0.3 is 0 Å². The summed E-state index contributed by atoms with van der Waals surface area (Å²) in [5.41, 5.74) is 1.73. The van der Waals surface area contributed by atoms with Crippen molar-refractivity contribution in [3.63, 3.8) is 0 Å². The number of aromatic nitrogens is 3. The number of sulfonamides is 1. The number of nitrogens with zero attached hydrogens (tertiary/aromatic N) is 3. The highest BCUT2D eigenvalue weighted by Crippen LogP contribution is 2.22. The summed E-state index contributed by atoms with van der Waals surface area (Å²) in [6.07, 6.45) is 2.35. The molecule has 1 atom stereocenters. The Bertz CT molecular complexity index is 1070. The Kier molecular flexibility index (Phi) is 6.00. The van der Waals surface area contributed by atoms with Crippen molar-refractivity contribution in [2.24, 2.45) is 0 Å². The van der Waals surface area contributed by atoms with Gasteiger partial charge in [-0.1, -0.05) is 43.6 Å². The van der Waals surface area contributed by atoms with Crippen LogP contribution in [0.15, 0.2) is 53.7 Å². The minimum atomic E-state index is -3.80. The number of anilines is 1. The van der Waals surface area contributed by atoms with Crippen molar-refractivity contribution in [2.45, 2.75) is 37.6 Å². The molecule has 1 N–H and O–H groups in total. The van der Waals surface area contributed by atoms with E-state index in [2.05, 4.69) is 28.7 Å². The maximum atomic E-state index is 13.1. The van der Waals surface area contributed by atoms with E-state index in [1.165, 1.54) is 23.1 Å². The lowest BCUT2D eigenvalue weighted by molar-refractivity contribution is 0.600. The molecule has 0 amide bonds. The second-order valence-corrected chi connectivity index (χ2v) is 8.57. The fraction of sp³-hybridized carbons (Fsp3) is 0.263. The summed E-state index contributed by atoms with van der Waals surface area (Å²) < 4.78 is 42.0. The molecular formula is C19H20ClFN4O2S. The standard InChI is InChI=1S/C19H20ClFN4O2S/c1-3-13(2)14-5-8-17(9-6-14)28(26,27)24-19-22-12-25(23-19)11-15-4-7-16(21)10-18(15)20/h4-10,12-13H,3,11H2,1-2H3,(H,23,24). The first-order valence-corrected chi connectivity index (χ1v) is 10.6. The zero-order valence-electron chi connectivity index (χ0n) is 15.4. The molecule has 0 aliphatic carbocycles. The molecule has 3 rings (SSSR count). The first-order chi connectivity index (χ1) is 13.3. The second kappa shape index (κ2) is 8.28. The molecular weight excluding hydrogens is 403 g/mol. The van der Waals surface area contributed by atoms with Crippen LogP contribution in [0.5, 0.6) is 0 Å². The molecule has 0 aliphatic heterocycles. The van der Waals surface area contributed by atoms with E-state index in [0.717, 1.165) is 12.0 Å². The number of hydrogen-bond acceptors (Lipinski definition) is 4. The summed E-state index contributed by atoms with van der Waals surface area (Å²) in [4.78, 5) is 4.11. The van der Waals surface area contributed by atoms with E-state index in [4.69, 9.17) is 11.6 Å². The van der Waals surface area contributed by atoms with Crippen molar-refractivity contribution in [1.29, 1.82) is 0 Å². The zero-order valence-corrected chi connectivity index (χ0v) is 17.0. The van der Waals surface area contributed by atoms with Gasteiger partial charge in [0.2, 0.25) is 0 Å². The molecule has 1 heterocycles. The van der Waals surface area contributed by atoms with Crippen LogP contribution in [0.4, 0.5) is 10.3 Å². The van der Waals surface area contributed by atoms with Gasteiger partial charge in [0, 0.05) is 5.02 Å². The van der Waals surface area contributed by atoms with Crippen molar-refractivity contribution >= 4 is 27.6 Å². The monoisotopic (exact) mass is 422 g/mol. The van der Waals surface area contributed by atoms with Crippen LogP contribution in [0.25, 0.3) is 0 Å². The SMILES string of the molecule is CCC(C)c1ccc(S(=O)(=O)Nc2ncn(Cc3ccc(F)cc3Cl)n2)cc1. The lowest BCUT2D eigenvalue weighted by Gasteiger charge is -2.10. The highest BCUT2D eigenvalue weighted by molar-refractivity contribution is 7.92. The van der Waals surface area contributed by atoms with Crippen molar-refractivity contribution < 1.29 is 12.8 Å². The molecule has 0 spiro atoms. The molecule has 0 fully saturated rings. The second-order valence-electron chi connectivity index (χ2n) is 6.49. The molecule has 3 aromatic rings. The van der Waals surface area contributed by atoms with Gasteiger partial charge in [-0.05, 0) is 47.7 Å². The van der Waals surface area contributed by atoms with E-state index >= 15 is 0 Å². The van der Waals surface area contributed by atoms with Crippen LogP contribution in [0.2, 0.25) is 5.02 Å². The first-order valence-electron chi connectivity index (χ1n) is 8.74. The van der Waals surface area contributed by atoms with E-state index in [1.54, 1.807) is 18.2 Å². The maximum absolute atomic E-state index is 13.1. The van der Waals surface area contributed by atoms with E-state index in [1.807, 2.05) is 12.1 Å². The van der Waals surface area contributed by atoms with E-state index in [0.29, 0.717) is 11.5 Å². The Morgan fingerprint density at radius 2 is 1.93 bits per heavy atom. The Morgan fingerprint density at radius 1 is 1.21 bits per heavy atom. The van der Waals surface area contributed by atoms with Crippen LogP contribution in [0, 0.1) is 5.82 Å². The summed E-state index contributed by atoms with van der Waals surface area (Å²) in [6, 6.07) is 10.8. The van der Waals surface area contributed by atoms with Gasteiger partial charge >= 0.3 is 0 Å². The molecule has 0 saturated heterocycles. The number of nitrogens with one attached hydrogen (secondary N) is 1. The van der Waals surface area contributed by atoms with E-state index in [-0.39, 0.29) is 22.4 Å². The summed E-state index contributed by atoms with van der Waals surface area (Å²) in [5, 5.41) is 4.36. The Hall–Kier alpha value is -2.45. The molecule has 0 aliphatic rings. The molecule has 9 heteroatoms. The average molecular weight is 423 g/mol. The molecule has 6 nitrogen and oxygen atoms in total. The summed E-state index contributed by atoms with van der Waals surface area (Å²) in [6.45, 7) is 4.40. The largest absolute Gasteiger partial charge is 0.264 e. The molecule has 148 valence electrons. The first kappa shape index (κ1) is 20.3. The van der Waals surface area contributed by atoms with Crippen molar-refractivity contribution in [2.75, 3.05) is 4.72 Å². The third-order valence-corrected chi connectivity index (χ3v) is 6.18. The maximum Gasteiger partial charge on any atom is 0.264 e. The highest BCUT2D eigenvalue weighted by atomic mass is 35.5. The van der Waals surface area contributed by atoms with Gasteiger partial charge in [-0.2, -0.15) is 4.98 Å². The molecule has 28 heavy (non-hydrogen) atoms. The highest BCUT2D eigenvalue weighted by Gasteiger charge is 2.17. The Labute approximate surface area is 168 Å². The molecule has 1 aromatic heterocycles. The van der Waals surface area contributed by atoms with Crippen molar-refractivity contribution in [1.82, 2.24) is 14.8 Å². The fourth-order valence-electron chi connectivity index (χ4n) is 2.63. The third-order valence-electron chi connectivity index (χ3n) is 4.48. The summed E-state index contributed by atoms with van der Waals surface area (Å²) >= 11 is 6.01. The van der Waals surface area contributed by atoms with Gasteiger partial charge in [-0.25, -0.2) is 22.2 Å². The summed E-state index contributed by atoms with van der Waals surface area (Å²) in [5.74, 6) is -0.121. The van der Waals surface area contributed by atoms with Crippen LogP contribution in [-0.2, 0) is 16.6 Å². The molecule has 0 bridgehead atoms. The third kappa shape index (κ3) is 4.69. The fourth-order valence-corrected chi connectivity index (χ4v) is 3.81. The zero-order chi connectivity index (χ0) is 20.3. The van der Waals surface area contributed by atoms with Gasteiger partial charge in [0.05, 0.1) is 11.4 Å². The van der Waals surface area contributed by atoms with E-state index < -0.39 is 15.8 Å². The quantitative estimate of drug-likeness (QED) is 0.610. The number of benzene rings is 2.